The van der Waals surface area contributed by atoms with Crippen molar-refractivity contribution in [3.63, 3.8) is 0 Å². The van der Waals surface area contributed by atoms with E-state index in [9.17, 15) is 0 Å². The zero-order valence-corrected chi connectivity index (χ0v) is 9.64. The van der Waals surface area contributed by atoms with E-state index in [4.69, 9.17) is 4.74 Å². The van der Waals surface area contributed by atoms with E-state index in [0.29, 0.717) is 0 Å². The van der Waals surface area contributed by atoms with Crippen molar-refractivity contribution in [2.24, 2.45) is 0 Å². The third kappa shape index (κ3) is 1.98. The zero-order chi connectivity index (χ0) is 10.7. The van der Waals surface area contributed by atoms with E-state index in [0.717, 1.165) is 18.7 Å². The van der Waals surface area contributed by atoms with Crippen molar-refractivity contribution in [1.82, 2.24) is 5.32 Å². The lowest BCUT2D eigenvalue weighted by Gasteiger charge is -2.25. The zero-order valence-electron chi connectivity index (χ0n) is 8.82. The summed E-state index contributed by atoms with van der Waals surface area (Å²) in [5, 5.41) is 5.27. The van der Waals surface area contributed by atoms with Gasteiger partial charge in [-0.3, -0.25) is 0 Å². The van der Waals surface area contributed by atoms with Crippen LogP contribution in [0.5, 0.6) is 0 Å². The largest absolute Gasteiger partial charge is 0.366 e. The van der Waals surface area contributed by atoms with Crippen LogP contribution in [-0.4, -0.2) is 6.61 Å². The number of nitrogens with one attached hydrogen (secondary N) is 1. The summed E-state index contributed by atoms with van der Waals surface area (Å²) in [6.07, 6.45) is 4.83. The Hall–Kier alpha value is -1.06. The molecule has 1 atom stereocenters. The minimum absolute atomic E-state index is 0.0664. The maximum absolute atomic E-state index is 5.80. The van der Waals surface area contributed by atoms with Gasteiger partial charge in [-0.25, -0.2) is 0 Å². The first-order valence-corrected chi connectivity index (χ1v) is 5.96. The first kappa shape index (κ1) is 10.5. The summed E-state index contributed by atoms with van der Waals surface area (Å²) in [6.45, 7) is 6.49. The highest BCUT2D eigenvalue weighted by atomic mass is 32.1. The van der Waals surface area contributed by atoms with E-state index in [1.54, 1.807) is 17.5 Å². The number of thiophene rings is 1. The Bertz CT molecular complexity index is 381. The van der Waals surface area contributed by atoms with Crippen molar-refractivity contribution in [3.05, 3.63) is 46.4 Å². The number of hydrogen-bond donors (Lipinski definition) is 1. The summed E-state index contributed by atoms with van der Waals surface area (Å²) in [5.41, 5.74) is 2.50. The fraction of sp³-hybridized carbons (Fsp3) is 0.333. The van der Waals surface area contributed by atoms with E-state index in [1.807, 2.05) is 13.0 Å². The van der Waals surface area contributed by atoms with E-state index < -0.39 is 0 Å². The van der Waals surface area contributed by atoms with Crippen molar-refractivity contribution >= 4 is 11.3 Å². The van der Waals surface area contributed by atoms with E-state index >= 15 is 0 Å². The molecule has 0 spiro atoms. The molecule has 2 nitrogen and oxygen atoms in total. The van der Waals surface area contributed by atoms with Crippen LogP contribution in [0.3, 0.4) is 0 Å². The summed E-state index contributed by atoms with van der Waals surface area (Å²) >= 11 is 1.76. The molecule has 1 unspecified atom stereocenters. The highest BCUT2D eigenvalue weighted by Crippen LogP contribution is 2.35. The summed E-state index contributed by atoms with van der Waals surface area (Å²) in [7, 11) is 0. The quantitative estimate of drug-likeness (QED) is 0.847. The molecule has 0 saturated carbocycles. The van der Waals surface area contributed by atoms with Crippen LogP contribution in [0.15, 0.2) is 36.0 Å². The van der Waals surface area contributed by atoms with Crippen LogP contribution >= 0.6 is 11.3 Å². The third-order valence-corrected chi connectivity index (χ3v) is 3.54. The second-order valence-corrected chi connectivity index (χ2v) is 4.35. The molecule has 0 aromatic carbocycles. The molecule has 0 amide bonds. The molecule has 1 N–H and O–H groups in total. The van der Waals surface area contributed by atoms with Gasteiger partial charge in [0.1, 0.15) is 6.10 Å². The van der Waals surface area contributed by atoms with Gasteiger partial charge < -0.3 is 10.1 Å². The standard InChI is InChI=1S/C12H15NOS/c1-3-10(13-4-2)11-12-9(5-7-14-11)6-8-15-12/h3-4,6,8,11,13H,2,5,7H2,1H3/b10-3-. The molecular weight excluding hydrogens is 206 g/mol. The van der Waals surface area contributed by atoms with Crippen molar-refractivity contribution in [1.29, 1.82) is 0 Å². The maximum atomic E-state index is 5.80. The molecule has 15 heavy (non-hydrogen) atoms. The normalized spacial score (nSPS) is 20.9. The number of ether oxygens (including phenoxy) is 1. The SMILES string of the molecule is C=CN/C(=C\C)C1OCCc2ccsc21. The Morgan fingerprint density at radius 2 is 2.60 bits per heavy atom. The van der Waals surface area contributed by atoms with E-state index in [2.05, 4.69) is 23.3 Å². The molecule has 0 radical (unpaired) electrons. The molecule has 0 aliphatic carbocycles. The van der Waals surface area contributed by atoms with Gasteiger partial charge in [-0.2, -0.15) is 0 Å². The fourth-order valence-corrected chi connectivity index (χ4v) is 2.82. The van der Waals surface area contributed by atoms with Crippen molar-refractivity contribution in [2.45, 2.75) is 19.4 Å². The van der Waals surface area contributed by atoms with Crippen LogP contribution < -0.4 is 5.32 Å². The summed E-state index contributed by atoms with van der Waals surface area (Å²) in [4.78, 5) is 1.32. The highest BCUT2D eigenvalue weighted by Gasteiger charge is 2.24. The molecular formula is C12H15NOS. The molecule has 1 aromatic heterocycles. The second-order valence-electron chi connectivity index (χ2n) is 3.40. The Morgan fingerprint density at radius 1 is 1.73 bits per heavy atom. The van der Waals surface area contributed by atoms with Gasteiger partial charge in [0.25, 0.3) is 0 Å². The van der Waals surface area contributed by atoms with E-state index in [1.165, 1.54) is 10.4 Å². The maximum Gasteiger partial charge on any atom is 0.131 e. The summed E-state index contributed by atoms with van der Waals surface area (Å²) in [5.74, 6) is 0. The second kappa shape index (κ2) is 4.64. The summed E-state index contributed by atoms with van der Waals surface area (Å²) < 4.78 is 5.80. The molecule has 1 aromatic rings. The molecule has 1 aliphatic heterocycles. The Kier molecular flexibility index (Phi) is 3.23. The van der Waals surface area contributed by atoms with Crippen LogP contribution in [0.1, 0.15) is 23.5 Å². The lowest BCUT2D eigenvalue weighted by atomic mass is 10.1. The molecule has 80 valence electrons. The van der Waals surface area contributed by atoms with Gasteiger partial charge in [0.05, 0.1) is 6.61 Å². The number of rotatable bonds is 3. The molecule has 1 aliphatic rings. The Balaban J connectivity index is 2.28. The van der Waals surface area contributed by atoms with Gasteiger partial charge in [-0.15, -0.1) is 11.3 Å². The molecule has 0 saturated heterocycles. The van der Waals surface area contributed by atoms with Crippen LogP contribution in [0.25, 0.3) is 0 Å². The van der Waals surface area contributed by atoms with E-state index in [-0.39, 0.29) is 6.10 Å². The number of hydrogen-bond acceptors (Lipinski definition) is 3. The van der Waals surface area contributed by atoms with Crippen LogP contribution in [0.4, 0.5) is 0 Å². The molecule has 0 bridgehead atoms. The lowest BCUT2D eigenvalue weighted by molar-refractivity contribution is 0.0667. The van der Waals surface area contributed by atoms with Crippen LogP contribution in [0.2, 0.25) is 0 Å². The summed E-state index contributed by atoms with van der Waals surface area (Å²) in [6, 6.07) is 2.19. The molecule has 3 heteroatoms. The topological polar surface area (TPSA) is 21.3 Å². The number of allylic oxidation sites excluding steroid dienone is 1. The third-order valence-electron chi connectivity index (χ3n) is 2.54. The van der Waals surface area contributed by atoms with Crippen LogP contribution in [-0.2, 0) is 11.2 Å². The monoisotopic (exact) mass is 221 g/mol. The van der Waals surface area contributed by atoms with Crippen molar-refractivity contribution in [3.8, 4) is 0 Å². The highest BCUT2D eigenvalue weighted by molar-refractivity contribution is 7.10. The van der Waals surface area contributed by atoms with Crippen molar-refractivity contribution in [2.75, 3.05) is 6.61 Å². The first-order valence-electron chi connectivity index (χ1n) is 5.08. The van der Waals surface area contributed by atoms with Gasteiger partial charge in [0, 0.05) is 10.6 Å². The van der Waals surface area contributed by atoms with Gasteiger partial charge in [-0.1, -0.05) is 12.7 Å². The first-order chi connectivity index (χ1) is 7.36. The number of fused-ring (bicyclic) bond motifs is 1. The molecule has 2 heterocycles. The average molecular weight is 221 g/mol. The average Bonchev–Trinajstić information content (AvgIpc) is 2.73. The predicted molar refractivity (Wildman–Crippen MR) is 63.8 cm³/mol. The minimum atomic E-state index is 0.0664. The minimum Gasteiger partial charge on any atom is -0.366 e. The van der Waals surface area contributed by atoms with Crippen molar-refractivity contribution < 1.29 is 4.74 Å². The van der Waals surface area contributed by atoms with Gasteiger partial charge in [0.15, 0.2) is 0 Å². The fourth-order valence-electron chi connectivity index (χ4n) is 1.81. The molecule has 2 rings (SSSR count). The van der Waals surface area contributed by atoms with Gasteiger partial charge in [0.2, 0.25) is 0 Å². The predicted octanol–water partition coefficient (Wildman–Crippen LogP) is 3.00. The molecule has 0 fully saturated rings. The smallest absolute Gasteiger partial charge is 0.131 e. The Morgan fingerprint density at radius 3 is 3.33 bits per heavy atom. The van der Waals surface area contributed by atoms with Gasteiger partial charge in [-0.05, 0) is 36.6 Å². The van der Waals surface area contributed by atoms with Crippen LogP contribution in [0, 0.1) is 0 Å². The Labute approximate surface area is 94.3 Å². The lowest BCUT2D eigenvalue weighted by Crippen LogP contribution is -2.21. The van der Waals surface area contributed by atoms with Gasteiger partial charge >= 0.3 is 0 Å².